The third-order valence-corrected chi connectivity index (χ3v) is 3.63. The van der Waals surface area contributed by atoms with E-state index in [2.05, 4.69) is 18.7 Å². The number of para-hydroxylation sites is 1. The summed E-state index contributed by atoms with van der Waals surface area (Å²) in [5, 5.41) is 0. The Morgan fingerprint density at radius 1 is 1.44 bits per heavy atom. The van der Waals surface area contributed by atoms with E-state index in [1.54, 1.807) is 12.1 Å². The van der Waals surface area contributed by atoms with Crippen molar-refractivity contribution in [3.8, 4) is 0 Å². The average Bonchev–Trinajstić information content (AvgIpc) is 2.38. The molecule has 1 unspecified atom stereocenters. The molecule has 1 fully saturated rings. The van der Waals surface area contributed by atoms with E-state index in [4.69, 9.17) is 0 Å². The average molecular weight is 250 g/mol. The molecule has 1 aliphatic rings. The van der Waals surface area contributed by atoms with Crippen LogP contribution in [0.1, 0.15) is 24.2 Å². The van der Waals surface area contributed by atoms with Gasteiger partial charge in [0, 0.05) is 31.2 Å². The number of benzene rings is 1. The molecule has 1 heterocycles. The van der Waals surface area contributed by atoms with Crippen LogP contribution in [0.2, 0.25) is 0 Å². The molecule has 4 heteroatoms. The number of carbonyl (C=O) groups excluding carboxylic acids is 1. The van der Waals surface area contributed by atoms with E-state index in [0.717, 1.165) is 32.5 Å². The predicted molar refractivity (Wildman–Crippen MR) is 70.7 cm³/mol. The van der Waals surface area contributed by atoms with Crippen molar-refractivity contribution in [2.75, 3.05) is 31.1 Å². The van der Waals surface area contributed by atoms with Crippen molar-refractivity contribution < 1.29 is 9.18 Å². The predicted octanol–water partition coefficient (Wildman–Crippen LogP) is 2.17. The second kappa shape index (κ2) is 5.48. The molecule has 1 aromatic carbocycles. The van der Waals surface area contributed by atoms with Crippen LogP contribution in [0.3, 0.4) is 0 Å². The summed E-state index contributed by atoms with van der Waals surface area (Å²) in [5.41, 5.74) is 0.891. The number of aldehydes is 1. The highest BCUT2D eigenvalue weighted by Gasteiger charge is 2.25. The summed E-state index contributed by atoms with van der Waals surface area (Å²) in [6.07, 6.45) is 0.731. The van der Waals surface area contributed by atoms with E-state index in [9.17, 15) is 9.18 Å². The van der Waals surface area contributed by atoms with E-state index >= 15 is 0 Å². The molecular weight excluding hydrogens is 231 g/mol. The Balaban J connectivity index is 2.25. The molecular formula is C14H19FN2O. The molecule has 0 N–H and O–H groups in total. The Bertz CT molecular complexity index is 436. The Labute approximate surface area is 107 Å². The van der Waals surface area contributed by atoms with Gasteiger partial charge in [0.15, 0.2) is 6.29 Å². The molecule has 0 aliphatic carbocycles. The van der Waals surface area contributed by atoms with Crippen LogP contribution in [0, 0.1) is 5.82 Å². The standard InChI is InChI=1S/C14H19FN2O/c1-3-16-7-8-17(9-11(16)2)14-12(10-18)5-4-6-13(14)15/h4-6,10-11H,3,7-9H2,1-2H3. The van der Waals surface area contributed by atoms with Gasteiger partial charge in [0.2, 0.25) is 0 Å². The lowest BCUT2D eigenvalue weighted by Crippen LogP contribution is -2.52. The maximum atomic E-state index is 13.9. The molecule has 1 aliphatic heterocycles. The SMILES string of the molecule is CCN1CCN(c2c(F)cccc2C=O)CC1C. The summed E-state index contributed by atoms with van der Waals surface area (Å²) in [7, 11) is 0. The molecule has 1 saturated heterocycles. The van der Waals surface area contributed by atoms with Gasteiger partial charge in [0.1, 0.15) is 5.82 Å². The van der Waals surface area contributed by atoms with Crippen LogP contribution in [0.25, 0.3) is 0 Å². The van der Waals surface area contributed by atoms with Crippen molar-refractivity contribution in [2.24, 2.45) is 0 Å². The molecule has 0 aromatic heterocycles. The molecule has 18 heavy (non-hydrogen) atoms. The van der Waals surface area contributed by atoms with Crippen LogP contribution in [-0.4, -0.2) is 43.4 Å². The van der Waals surface area contributed by atoms with Crippen LogP contribution in [0.15, 0.2) is 18.2 Å². The van der Waals surface area contributed by atoms with Gasteiger partial charge in [-0.15, -0.1) is 0 Å². The zero-order valence-corrected chi connectivity index (χ0v) is 10.9. The number of likely N-dealkylation sites (N-methyl/N-ethyl adjacent to an activating group) is 1. The van der Waals surface area contributed by atoms with Gasteiger partial charge in [-0.2, -0.15) is 0 Å². The van der Waals surface area contributed by atoms with Gasteiger partial charge in [-0.05, 0) is 25.6 Å². The largest absolute Gasteiger partial charge is 0.366 e. The topological polar surface area (TPSA) is 23.6 Å². The monoisotopic (exact) mass is 250 g/mol. The van der Waals surface area contributed by atoms with Crippen molar-refractivity contribution in [2.45, 2.75) is 19.9 Å². The first-order chi connectivity index (χ1) is 8.67. The van der Waals surface area contributed by atoms with Crippen LogP contribution >= 0.6 is 0 Å². The number of piperazine rings is 1. The van der Waals surface area contributed by atoms with E-state index in [1.165, 1.54) is 6.07 Å². The first kappa shape index (κ1) is 13.0. The van der Waals surface area contributed by atoms with Crippen LogP contribution < -0.4 is 4.90 Å². The maximum Gasteiger partial charge on any atom is 0.152 e. The van der Waals surface area contributed by atoms with Gasteiger partial charge in [-0.25, -0.2) is 4.39 Å². The van der Waals surface area contributed by atoms with E-state index in [0.29, 0.717) is 17.3 Å². The lowest BCUT2D eigenvalue weighted by Gasteiger charge is -2.40. The summed E-state index contributed by atoms with van der Waals surface area (Å²) in [4.78, 5) is 15.4. The first-order valence-electron chi connectivity index (χ1n) is 6.40. The molecule has 0 spiro atoms. The molecule has 3 nitrogen and oxygen atoms in total. The lowest BCUT2D eigenvalue weighted by atomic mass is 10.1. The fourth-order valence-electron chi connectivity index (χ4n) is 2.63. The number of anilines is 1. The highest BCUT2D eigenvalue weighted by atomic mass is 19.1. The van der Waals surface area contributed by atoms with Crippen molar-refractivity contribution in [3.05, 3.63) is 29.6 Å². The minimum Gasteiger partial charge on any atom is -0.366 e. The Morgan fingerprint density at radius 3 is 2.83 bits per heavy atom. The highest BCUT2D eigenvalue weighted by molar-refractivity contribution is 5.84. The maximum absolute atomic E-state index is 13.9. The quantitative estimate of drug-likeness (QED) is 0.768. The number of hydrogen-bond acceptors (Lipinski definition) is 3. The fourth-order valence-corrected chi connectivity index (χ4v) is 2.63. The zero-order chi connectivity index (χ0) is 13.1. The van der Waals surface area contributed by atoms with Gasteiger partial charge in [0.25, 0.3) is 0 Å². The molecule has 0 amide bonds. The number of rotatable bonds is 3. The lowest BCUT2D eigenvalue weighted by molar-refractivity contribution is 0.112. The molecule has 1 atom stereocenters. The normalized spacial score (nSPS) is 21.1. The van der Waals surface area contributed by atoms with Crippen molar-refractivity contribution in [3.63, 3.8) is 0 Å². The van der Waals surface area contributed by atoms with E-state index < -0.39 is 0 Å². The number of halogens is 1. The van der Waals surface area contributed by atoms with Crippen LogP contribution in [0.5, 0.6) is 0 Å². The van der Waals surface area contributed by atoms with Crippen LogP contribution in [0.4, 0.5) is 10.1 Å². The van der Waals surface area contributed by atoms with Gasteiger partial charge in [-0.1, -0.05) is 13.0 Å². The van der Waals surface area contributed by atoms with Gasteiger partial charge >= 0.3 is 0 Å². The minimum atomic E-state index is -0.309. The zero-order valence-electron chi connectivity index (χ0n) is 10.9. The first-order valence-corrected chi connectivity index (χ1v) is 6.40. The molecule has 0 saturated carbocycles. The van der Waals surface area contributed by atoms with Crippen molar-refractivity contribution in [1.82, 2.24) is 4.90 Å². The molecule has 98 valence electrons. The number of hydrogen-bond donors (Lipinski definition) is 0. The van der Waals surface area contributed by atoms with Crippen molar-refractivity contribution in [1.29, 1.82) is 0 Å². The summed E-state index contributed by atoms with van der Waals surface area (Å²) < 4.78 is 13.9. The van der Waals surface area contributed by atoms with E-state index in [1.807, 2.05) is 4.90 Å². The van der Waals surface area contributed by atoms with Gasteiger partial charge in [0.05, 0.1) is 5.69 Å². The Hall–Kier alpha value is -1.42. The van der Waals surface area contributed by atoms with Gasteiger partial charge < -0.3 is 4.90 Å². The highest BCUT2D eigenvalue weighted by Crippen LogP contribution is 2.25. The third-order valence-electron chi connectivity index (χ3n) is 3.63. The third kappa shape index (κ3) is 2.38. The summed E-state index contributed by atoms with van der Waals surface area (Å²) in [6, 6.07) is 5.04. The minimum absolute atomic E-state index is 0.309. The van der Waals surface area contributed by atoms with Gasteiger partial charge in [-0.3, -0.25) is 9.69 Å². The fraction of sp³-hybridized carbons (Fsp3) is 0.500. The second-order valence-electron chi connectivity index (χ2n) is 4.72. The number of nitrogens with zero attached hydrogens (tertiary/aromatic N) is 2. The summed E-state index contributed by atoms with van der Waals surface area (Å²) in [5.74, 6) is -0.309. The summed E-state index contributed by atoms with van der Waals surface area (Å²) in [6.45, 7) is 7.70. The van der Waals surface area contributed by atoms with E-state index in [-0.39, 0.29) is 5.82 Å². The van der Waals surface area contributed by atoms with Crippen LogP contribution in [-0.2, 0) is 0 Å². The van der Waals surface area contributed by atoms with Crippen molar-refractivity contribution >= 4 is 12.0 Å². The Morgan fingerprint density at radius 2 is 2.22 bits per heavy atom. The molecule has 2 rings (SSSR count). The molecule has 1 aromatic rings. The smallest absolute Gasteiger partial charge is 0.152 e. The molecule has 0 bridgehead atoms. The number of carbonyl (C=O) groups is 1. The second-order valence-corrected chi connectivity index (χ2v) is 4.72. The molecule has 0 radical (unpaired) electrons. The Kier molecular flexibility index (Phi) is 3.97. The summed E-state index contributed by atoms with van der Waals surface area (Å²) >= 11 is 0.